The lowest BCUT2D eigenvalue weighted by Crippen LogP contribution is -2.19. The minimum atomic E-state index is -0.235. The zero-order valence-electron chi connectivity index (χ0n) is 10.1. The molecule has 0 aliphatic rings. The van der Waals surface area contributed by atoms with Crippen LogP contribution in [0.5, 0.6) is 0 Å². The van der Waals surface area contributed by atoms with Crippen LogP contribution in [0.25, 0.3) is 0 Å². The van der Waals surface area contributed by atoms with E-state index in [1.165, 1.54) is 10.9 Å². The number of amides is 1. The summed E-state index contributed by atoms with van der Waals surface area (Å²) in [6, 6.07) is 7.44. The van der Waals surface area contributed by atoms with Crippen LogP contribution in [0, 0.1) is 18.3 Å². The molecule has 1 aromatic heterocycles. The van der Waals surface area contributed by atoms with Crippen molar-refractivity contribution in [2.75, 3.05) is 5.32 Å². The van der Waals surface area contributed by atoms with Crippen molar-refractivity contribution in [3.05, 3.63) is 40.4 Å². The van der Waals surface area contributed by atoms with E-state index in [9.17, 15) is 4.79 Å². The number of halogens is 1. The Balaban J connectivity index is 2.08. The SMILES string of the molecule is Cc1cc(Br)ccc1NC(=O)Cn1cnnc1C#N. The lowest BCUT2D eigenvalue weighted by Gasteiger charge is -2.09. The predicted octanol–water partition coefficient (Wildman–Crippen LogP) is 1.86. The van der Waals surface area contributed by atoms with E-state index >= 15 is 0 Å². The Labute approximate surface area is 118 Å². The van der Waals surface area contributed by atoms with Gasteiger partial charge in [0.2, 0.25) is 11.7 Å². The molecule has 0 spiro atoms. The Morgan fingerprint density at radius 3 is 3.05 bits per heavy atom. The summed E-state index contributed by atoms with van der Waals surface area (Å²) in [4.78, 5) is 11.9. The summed E-state index contributed by atoms with van der Waals surface area (Å²) in [6.45, 7) is 1.91. The molecule has 0 saturated carbocycles. The van der Waals surface area contributed by atoms with Gasteiger partial charge in [-0.3, -0.25) is 9.36 Å². The number of aryl methyl sites for hydroxylation is 1. The fraction of sp³-hybridized carbons (Fsp3) is 0.167. The molecule has 0 aliphatic carbocycles. The molecule has 7 heteroatoms. The highest BCUT2D eigenvalue weighted by Gasteiger charge is 2.09. The maximum atomic E-state index is 11.9. The van der Waals surface area contributed by atoms with Crippen LogP contribution in [0.3, 0.4) is 0 Å². The molecule has 1 aromatic carbocycles. The first-order chi connectivity index (χ1) is 9.10. The van der Waals surface area contributed by atoms with E-state index in [1.54, 1.807) is 0 Å². The highest BCUT2D eigenvalue weighted by molar-refractivity contribution is 9.10. The second kappa shape index (κ2) is 5.63. The van der Waals surface area contributed by atoms with Gasteiger partial charge in [-0.25, -0.2) is 0 Å². The maximum absolute atomic E-state index is 11.9. The Morgan fingerprint density at radius 2 is 2.37 bits per heavy atom. The lowest BCUT2D eigenvalue weighted by molar-refractivity contribution is -0.116. The van der Waals surface area contributed by atoms with E-state index in [0.29, 0.717) is 0 Å². The van der Waals surface area contributed by atoms with Gasteiger partial charge in [-0.1, -0.05) is 15.9 Å². The number of benzene rings is 1. The number of hydrogen-bond donors (Lipinski definition) is 1. The highest BCUT2D eigenvalue weighted by atomic mass is 79.9. The van der Waals surface area contributed by atoms with E-state index in [1.807, 2.05) is 31.2 Å². The molecule has 2 rings (SSSR count). The molecule has 1 heterocycles. The fourth-order valence-electron chi connectivity index (χ4n) is 1.57. The molecule has 0 saturated heterocycles. The molecule has 0 radical (unpaired) electrons. The van der Waals surface area contributed by atoms with E-state index < -0.39 is 0 Å². The minimum Gasteiger partial charge on any atom is -0.324 e. The van der Waals surface area contributed by atoms with Gasteiger partial charge < -0.3 is 5.32 Å². The summed E-state index contributed by atoms with van der Waals surface area (Å²) in [5.74, 6) is -0.121. The van der Waals surface area contributed by atoms with E-state index in [0.717, 1.165) is 15.7 Å². The highest BCUT2D eigenvalue weighted by Crippen LogP contribution is 2.19. The van der Waals surface area contributed by atoms with Crippen LogP contribution in [-0.4, -0.2) is 20.7 Å². The van der Waals surface area contributed by atoms with Gasteiger partial charge >= 0.3 is 0 Å². The monoisotopic (exact) mass is 319 g/mol. The largest absolute Gasteiger partial charge is 0.324 e. The van der Waals surface area contributed by atoms with E-state index in [-0.39, 0.29) is 18.3 Å². The third-order valence-electron chi connectivity index (χ3n) is 2.49. The molecule has 0 unspecified atom stereocenters. The Hall–Kier alpha value is -2.20. The van der Waals surface area contributed by atoms with Crippen molar-refractivity contribution in [1.29, 1.82) is 5.26 Å². The van der Waals surface area contributed by atoms with Crippen molar-refractivity contribution < 1.29 is 4.79 Å². The van der Waals surface area contributed by atoms with Crippen LogP contribution in [0.4, 0.5) is 5.69 Å². The van der Waals surface area contributed by atoms with Crippen LogP contribution in [-0.2, 0) is 11.3 Å². The number of hydrogen-bond acceptors (Lipinski definition) is 4. The van der Waals surface area contributed by atoms with Gasteiger partial charge in [-0.15, -0.1) is 10.2 Å². The summed E-state index contributed by atoms with van der Waals surface area (Å²) in [5, 5.41) is 18.7. The van der Waals surface area contributed by atoms with Crippen LogP contribution in [0.2, 0.25) is 0 Å². The minimum absolute atomic E-state index is 0.00535. The number of rotatable bonds is 3. The van der Waals surface area contributed by atoms with Crippen molar-refractivity contribution in [3.8, 4) is 6.07 Å². The first kappa shape index (κ1) is 13.2. The van der Waals surface area contributed by atoms with Gasteiger partial charge in [-0.2, -0.15) is 5.26 Å². The number of nitrogens with one attached hydrogen (secondary N) is 1. The number of anilines is 1. The average Bonchev–Trinajstić information content (AvgIpc) is 2.80. The first-order valence-electron chi connectivity index (χ1n) is 5.44. The average molecular weight is 320 g/mol. The van der Waals surface area contributed by atoms with Crippen molar-refractivity contribution in [1.82, 2.24) is 14.8 Å². The Kier molecular flexibility index (Phi) is 3.92. The zero-order chi connectivity index (χ0) is 13.8. The fourth-order valence-corrected chi connectivity index (χ4v) is 2.04. The van der Waals surface area contributed by atoms with Crippen LogP contribution < -0.4 is 5.32 Å². The number of nitrogens with zero attached hydrogens (tertiary/aromatic N) is 4. The molecule has 96 valence electrons. The molecular weight excluding hydrogens is 310 g/mol. The molecule has 1 amide bonds. The predicted molar refractivity (Wildman–Crippen MR) is 72.2 cm³/mol. The molecule has 0 fully saturated rings. The number of nitriles is 1. The summed E-state index contributed by atoms with van der Waals surface area (Å²) < 4.78 is 2.34. The first-order valence-corrected chi connectivity index (χ1v) is 6.23. The van der Waals surface area contributed by atoms with Gasteiger partial charge in [0.1, 0.15) is 18.9 Å². The molecule has 19 heavy (non-hydrogen) atoms. The number of carbonyl (C=O) groups excluding carboxylic acids is 1. The van der Waals surface area contributed by atoms with Gasteiger partial charge in [0, 0.05) is 10.2 Å². The van der Waals surface area contributed by atoms with Crippen molar-refractivity contribution in [2.24, 2.45) is 0 Å². The molecule has 0 bridgehead atoms. The quantitative estimate of drug-likeness (QED) is 0.935. The van der Waals surface area contributed by atoms with Crippen LogP contribution in [0.1, 0.15) is 11.4 Å². The smallest absolute Gasteiger partial charge is 0.244 e. The zero-order valence-corrected chi connectivity index (χ0v) is 11.7. The third-order valence-corrected chi connectivity index (χ3v) is 2.99. The topological polar surface area (TPSA) is 83.6 Å². The number of carbonyl (C=O) groups is 1. The van der Waals surface area contributed by atoms with E-state index in [4.69, 9.17) is 5.26 Å². The van der Waals surface area contributed by atoms with Crippen molar-refractivity contribution in [2.45, 2.75) is 13.5 Å². The van der Waals surface area contributed by atoms with Gasteiger partial charge in [0.25, 0.3) is 0 Å². The van der Waals surface area contributed by atoms with Crippen molar-refractivity contribution in [3.63, 3.8) is 0 Å². The second-order valence-electron chi connectivity index (χ2n) is 3.90. The molecule has 2 aromatic rings. The summed E-state index contributed by atoms with van der Waals surface area (Å²) in [5.41, 5.74) is 1.69. The summed E-state index contributed by atoms with van der Waals surface area (Å²) in [6.07, 6.45) is 1.35. The third kappa shape index (κ3) is 3.17. The maximum Gasteiger partial charge on any atom is 0.244 e. The molecule has 0 aliphatic heterocycles. The second-order valence-corrected chi connectivity index (χ2v) is 4.82. The van der Waals surface area contributed by atoms with Crippen LogP contribution >= 0.6 is 15.9 Å². The summed E-state index contributed by atoms with van der Waals surface area (Å²) >= 11 is 3.36. The Bertz CT molecular complexity index is 658. The Morgan fingerprint density at radius 1 is 1.58 bits per heavy atom. The molecule has 1 N–H and O–H groups in total. The normalized spacial score (nSPS) is 9.95. The van der Waals surface area contributed by atoms with E-state index in [2.05, 4.69) is 31.4 Å². The molecular formula is C12H10BrN5O. The lowest BCUT2D eigenvalue weighted by atomic mass is 10.2. The summed E-state index contributed by atoms with van der Waals surface area (Å²) in [7, 11) is 0. The van der Waals surface area contributed by atoms with Gasteiger partial charge in [-0.05, 0) is 30.7 Å². The van der Waals surface area contributed by atoms with Gasteiger partial charge in [0.05, 0.1) is 0 Å². The number of aromatic nitrogens is 3. The van der Waals surface area contributed by atoms with Gasteiger partial charge in [0.15, 0.2) is 0 Å². The molecule has 0 atom stereocenters. The molecule has 6 nitrogen and oxygen atoms in total. The van der Waals surface area contributed by atoms with Crippen LogP contribution in [0.15, 0.2) is 29.0 Å². The standard InChI is InChI=1S/C12H10BrN5O/c1-8-4-9(13)2-3-10(8)16-12(19)6-18-7-15-17-11(18)5-14/h2-4,7H,6H2,1H3,(H,16,19). The van der Waals surface area contributed by atoms with Crippen molar-refractivity contribution >= 4 is 27.5 Å².